The number of likely N-dealkylation sites (tertiary alicyclic amines) is 1. The minimum atomic E-state index is 0.368. The van der Waals surface area contributed by atoms with E-state index >= 15 is 0 Å². The fraction of sp³-hybridized carbons (Fsp3) is 0.350. The Hall–Kier alpha value is -2.11. The highest BCUT2D eigenvalue weighted by Crippen LogP contribution is 2.39. The van der Waals surface area contributed by atoms with Crippen LogP contribution in [0.25, 0.3) is 10.2 Å². The molecule has 1 unspecified atom stereocenters. The van der Waals surface area contributed by atoms with Gasteiger partial charge in [0.1, 0.15) is 16.5 Å². The number of fused-ring (bicyclic) bond motifs is 1. The molecule has 4 nitrogen and oxygen atoms in total. The summed E-state index contributed by atoms with van der Waals surface area (Å²) in [7, 11) is 3.41. The summed E-state index contributed by atoms with van der Waals surface area (Å²) >= 11 is 1.79. The monoisotopic (exact) mass is 354 g/mol. The molecule has 1 aliphatic rings. The number of ether oxygens (including phenoxy) is 2. The Morgan fingerprint density at radius 1 is 1.16 bits per heavy atom. The Morgan fingerprint density at radius 3 is 2.84 bits per heavy atom. The number of hydrogen-bond acceptors (Lipinski definition) is 5. The summed E-state index contributed by atoms with van der Waals surface area (Å²) < 4.78 is 12.2. The van der Waals surface area contributed by atoms with Gasteiger partial charge in [0, 0.05) is 17.7 Å². The highest BCUT2D eigenvalue weighted by molar-refractivity contribution is 7.18. The van der Waals surface area contributed by atoms with Crippen molar-refractivity contribution in [3.05, 3.63) is 53.0 Å². The maximum absolute atomic E-state index is 5.63. The van der Waals surface area contributed by atoms with E-state index in [2.05, 4.69) is 29.2 Å². The van der Waals surface area contributed by atoms with Crippen LogP contribution in [0.3, 0.4) is 0 Å². The van der Waals surface area contributed by atoms with Gasteiger partial charge >= 0.3 is 0 Å². The van der Waals surface area contributed by atoms with Gasteiger partial charge in [0.05, 0.1) is 31.0 Å². The van der Waals surface area contributed by atoms with Gasteiger partial charge in [-0.05, 0) is 37.6 Å². The average Bonchev–Trinajstić information content (AvgIpc) is 3.27. The van der Waals surface area contributed by atoms with E-state index in [4.69, 9.17) is 14.5 Å². The van der Waals surface area contributed by atoms with Gasteiger partial charge in [-0.3, -0.25) is 4.90 Å². The van der Waals surface area contributed by atoms with Gasteiger partial charge in [-0.1, -0.05) is 18.2 Å². The van der Waals surface area contributed by atoms with E-state index in [1.165, 1.54) is 21.7 Å². The molecule has 2 aromatic carbocycles. The summed E-state index contributed by atoms with van der Waals surface area (Å²) in [5, 5.41) is 1.18. The van der Waals surface area contributed by atoms with Crippen LogP contribution in [0.15, 0.2) is 42.5 Å². The zero-order chi connectivity index (χ0) is 17.2. The van der Waals surface area contributed by atoms with Gasteiger partial charge in [-0.25, -0.2) is 4.98 Å². The molecule has 1 saturated heterocycles. The third-order valence-corrected chi connectivity index (χ3v) is 5.86. The van der Waals surface area contributed by atoms with Crippen molar-refractivity contribution in [2.75, 3.05) is 20.8 Å². The molecule has 0 bridgehead atoms. The Kier molecular flexibility index (Phi) is 4.59. The average molecular weight is 354 g/mol. The van der Waals surface area contributed by atoms with Crippen LogP contribution < -0.4 is 9.47 Å². The van der Waals surface area contributed by atoms with Crippen molar-refractivity contribution in [2.24, 2.45) is 0 Å². The predicted molar refractivity (Wildman–Crippen MR) is 102 cm³/mol. The standard InChI is InChI=1S/C20H22N2O2S/c1-23-14-9-10-15(18(12-14)24-2)17-7-5-11-22(17)13-20-21-16-6-3-4-8-19(16)25-20/h3-4,6,8-10,12,17H,5,7,11,13H2,1-2H3. The van der Waals surface area contributed by atoms with Crippen LogP contribution in [0.4, 0.5) is 0 Å². The van der Waals surface area contributed by atoms with E-state index in [0.717, 1.165) is 36.5 Å². The van der Waals surface area contributed by atoms with E-state index in [0.29, 0.717) is 6.04 Å². The smallest absolute Gasteiger partial charge is 0.127 e. The lowest BCUT2D eigenvalue weighted by atomic mass is 10.0. The zero-order valence-corrected chi connectivity index (χ0v) is 15.4. The maximum Gasteiger partial charge on any atom is 0.127 e. The molecule has 0 amide bonds. The number of hydrogen-bond donors (Lipinski definition) is 0. The predicted octanol–water partition coefficient (Wildman–Crippen LogP) is 4.65. The Morgan fingerprint density at radius 2 is 2.04 bits per heavy atom. The number of benzene rings is 2. The van der Waals surface area contributed by atoms with Gasteiger partial charge in [-0.15, -0.1) is 11.3 Å². The van der Waals surface area contributed by atoms with Crippen molar-refractivity contribution in [1.82, 2.24) is 9.88 Å². The van der Waals surface area contributed by atoms with Crippen LogP contribution in [-0.2, 0) is 6.54 Å². The van der Waals surface area contributed by atoms with E-state index in [1.807, 2.05) is 18.2 Å². The number of methoxy groups -OCH3 is 2. The second-order valence-electron chi connectivity index (χ2n) is 6.31. The third-order valence-electron chi connectivity index (χ3n) is 4.84. The first kappa shape index (κ1) is 16.4. The van der Waals surface area contributed by atoms with Gasteiger partial charge in [0.15, 0.2) is 0 Å². The molecule has 2 heterocycles. The quantitative estimate of drug-likeness (QED) is 0.668. The Labute approximate surface area is 152 Å². The van der Waals surface area contributed by atoms with Gasteiger partial charge in [0.25, 0.3) is 0 Å². The van der Waals surface area contributed by atoms with Crippen LogP contribution in [0.5, 0.6) is 11.5 Å². The fourth-order valence-corrected chi connectivity index (χ4v) is 4.62. The SMILES string of the molecule is COc1ccc(C2CCCN2Cc2nc3ccccc3s2)c(OC)c1. The van der Waals surface area contributed by atoms with Crippen molar-refractivity contribution in [3.63, 3.8) is 0 Å². The molecule has 0 N–H and O–H groups in total. The molecule has 25 heavy (non-hydrogen) atoms. The first-order chi connectivity index (χ1) is 12.3. The van der Waals surface area contributed by atoms with Crippen molar-refractivity contribution < 1.29 is 9.47 Å². The van der Waals surface area contributed by atoms with E-state index in [-0.39, 0.29) is 0 Å². The number of aromatic nitrogens is 1. The lowest BCUT2D eigenvalue weighted by Crippen LogP contribution is -2.23. The largest absolute Gasteiger partial charge is 0.497 e. The molecule has 1 atom stereocenters. The molecular weight excluding hydrogens is 332 g/mol. The summed E-state index contributed by atoms with van der Waals surface area (Å²) in [5.41, 5.74) is 2.34. The zero-order valence-electron chi connectivity index (χ0n) is 14.6. The topological polar surface area (TPSA) is 34.6 Å². The molecule has 1 aliphatic heterocycles. The lowest BCUT2D eigenvalue weighted by molar-refractivity contribution is 0.242. The molecule has 3 aromatic rings. The summed E-state index contributed by atoms with van der Waals surface area (Å²) in [4.78, 5) is 7.32. The first-order valence-corrected chi connectivity index (χ1v) is 9.40. The molecule has 1 aromatic heterocycles. The minimum Gasteiger partial charge on any atom is -0.497 e. The number of para-hydroxylation sites is 1. The normalized spacial score (nSPS) is 17.9. The summed E-state index contributed by atoms with van der Waals surface area (Å²) in [5.74, 6) is 1.73. The molecule has 130 valence electrons. The second-order valence-corrected chi connectivity index (χ2v) is 7.43. The molecule has 0 spiro atoms. The molecule has 4 rings (SSSR count). The summed E-state index contributed by atoms with van der Waals surface area (Å²) in [6.45, 7) is 1.98. The van der Waals surface area contributed by atoms with Crippen LogP contribution in [0.2, 0.25) is 0 Å². The van der Waals surface area contributed by atoms with Crippen LogP contribution >= 0.6 is 11.3 Å². The highest BCUT2D eigenvalue weighted by Gasteiger charge is 2.29. The summed E-state index contributed by atoms with van der Waals surface area (Å²) in [6, 6.07) is 14.9. The molecular formula is C20H22N2O2S. The molecule has 0 radical (unpaired) electrons. The third kappa shape index (κ3) is 3.22. The van der Waals surface area contributed by atoms with Crippen molar-refractivity contribution >= 4 is 21.6 Å². The highest BCUT2D eigenvalue weighted by atomic mass is 32.1. The first-order valence-electron chi connectivity index (χ1n) is 8.59. The fourth-order valence-electron chi connectivity index (χ4n) is 3.62. The molecule has 0 aliphatic carbocycles. The van der Waals surface area contributed by atoms with Crippen LogP contribution in [0.1, 0.15) is 29.5 Å². The number of nitrogens with zero attached hydrogens (tertiary/aromatic N) is 2. The number of thiazole rings is 1. The van der Waals surface area contributed by atoms with E-state index < -0.39 is 0 Å². The van der Waals surface area contributed by atoms with Crippen molar-refractivity contribution in [2.45, 2.75) is 25.4 Å². The number of rotatable bonds is 5. The Balaban J connectivity index is 1.60. The summed E-state index contributed by atoms with van der Waals surface area (Å²) in [6.07, 6.45) is 2.35. The van der Waals surface area contributed by atoms with E-state index in [1.54, 1.807) is 25.6 Å². The van der Waals surface area contributed by atoms with Gasteiger partial charge < -0.3 is 9.47 Å². The van der Waals surface area contributed by atoms with Crippen molar-refractivity contribution in [1.29, 1.82) is 0 Å². The molecule has 0 saturated carbocycles. The van der Waals surface area contributed by atoms with Crippen LogP contribution in [-0.4, -0.2) is 30.6 Å². The Bertz CT molecular complexity index is 844. The second kappa shape index (κ2) is 7.02. The van der Waals surface area contributed by atoms with Gasteiger partial charge in [-0.2, -0.15) is 0 Å². The van der Waals surface area contributed by atoms with E-state index in [9.17, 15) is 0 Å². The van der Waals surface area contributed by atoms with Gasteiger partial charge in [0.2, 0.25) is 0 Å². The van der Waals surface area contributed by atoms with Crippen LogP contribution in [0, 0.1) is 0 Å². The lowest BCUT2D eigenvalue weighted by Gasteiger charge is -2.25. The van der Waals surface area contributed by atoms with Crippen molar-refractivity contribution in [3.8, 4) is 11.5 Å². The maximum atomic E-state index is 5.63. The molecule has 1 fully saturated rings. The minimum absolute atomic E-state index is 0.368. The molecule has 5 heteroatoms.